The lowest BCUT2D eigenvalue weighted by Crippen LogP contribution is -2.16. The van der Waals surface area contributed by atoms with E-state index in [9.17, 15) is 4.79 Å². The van der Waals surface area contributed by atoms with E-state index >= 15 is 0 Å². The average Bonchev–Trinajstić information content (AvgIpc) is 2.78. The largest absolute Gasteiger partial charge is 0.473 e. The standard InChI is InChI=1S/C12H15N5O2/c1-7(2)19-12-9(5-4-6-13-12)15-11(18)10-14-8(3)16-17-10/h4-7H,1-3H3,(H,15,18)(H,14,16,17). The van der Waals surface area contributed by atoms with Crippen LogP contribution < -0.4 is 10.1 Å². The van der Waals surface area contributed by atoms with Gasteiger partial charge in [0.15, 0.2) is 0 Å². The van der Waals surface area contributed by atoms with Crippen molar-refractivity contribution in [2.45, 2.75) is 26.9 Å². The topological polar surface area (TPSA) is 92.8 Å². The van der Waals surface area contributed by atoms with Crippen LogP contribution in [0.25, 0.3) is 0 Å². The maximum absolute atomic E-state index is 11.9. The fourth-order valence-corrected chi connectivity index (χ4v) is 1.43. The van der Waals surface area contributed by atoms with Gasteiger partial charge in [-0.15, -0.1) is 5.10 Å². The molecule has 0 aromatic carbocycles. The molecule has 100 valence electrons. The van der Waals surface area contributed by atoms with Crippen molar-refractivity contribution >= 4 is 11.6 Å². The number of carbonyl (C=O) groups is 1. The van der Waals surface area contributed by atoms with E-state index in [2.05, 4.69) is 25.5 Å². The fourth-order valence-electron chi connectivity index (χ4n) is 1.43. The number of rotatable bonds is 4. The molecule has 1 amide bonds. The summed E-state index contributed by atoms with van der Waals surface area (Å²) in [4.78, 5) is 20.0. The highest BCUT2D eigenvalue weighted by Crippen LogP contribution is 2.22. The zero-order valence-corrected chi connectivity index (χ0v) is 11.0. The van der Waals surface area contributed by atoms with Crippen molar-refractivity contribution in [2.75, 3.05) is 5.32 Å². The van der Waals surface area contributed by atoms with Crippen LogP contribution in [0.2, 0.25) is 0 Å². The number of pyridine rings is 1. The highest BCUT2D eigenvalue weighted by atomic mass is 16.5. The number of nitrogens with zero attached hydrogens (tertiary/aromatic N) is 3. The molecule has 0 atom stereocenters. The lowest BCUT2D eigenvalue weighted by Gasteiger charge is -2.12. The van der Waals surface area contributed by atoms with Crippen molar-refractivity contribution in [1.82, 2.24) is 20.2 Å². The number of hydrogen-bond acceptors (Lipinski definition) is 5. The molecule has 2 aromatic rings. The van der Waals surface area contributed by atoms with Gasteiger partial charge in [0.05, 0.1) is 6.10 Å². The van der Waals surface area contributed by atoms with Gasteiger partial charge in [-0.25, -0.2) is 9.97 Å². The number of nitrogens with one attached hydrogen (secondary N) is 2. The van der Waals surface area contributed by atoms with Crippen LogP contribution in [0.4, 0.5) is 5.69 Å². The zero-order chi connectivity index (χ0) is 13.8. The first-order valence-electron chi connectivity index (χ1n) is 5.88. The van der Waals surface area contributed by atoms with Crippen LogP contribution in [0.3, 0.4) is 0 Å². The molecular weight excluding hydrogens is 246 g/mol. The number of anilines is 1. The minimum Gasteiger partial charge on any atom is -0.473 e. The smallest absolute Gasteiger partial charge is 0.295 e. The quantitative estimate of drug-likeness (QED) is 0.871. The van der Waals surface area contributed by atoms with Crippen LogP contribution in [0.1, 0.15) is 30.3 Å². The zero-order valence-electron chi connectivity index (χ0n) is 11.0. The van der Waals surface area contributed by atoms with Gasteiger partial charge in [0, 0.05) is 6.20 Å². The molecule has 2 aromatic heterocycles. The van der Waals surface area contributed by atoms with Crippen molar-refractivity contribution in [3.8, 4) is 5.88 Å². The molecule has 0 unspecified atom stereocenters. The number of aromatic amines is 1. The molecule has 0 radical (unpaired) electrons. The van der Waals surface area contributed by atoms with Crippen LogP contribution in [0.5, 0.6) is 5.88 Å². The molecule has 0 aliphatic rings. The predicted octanol–water partition coefficient (Wildman–Crippen LogP) is 1.55. The van der Waals surface area contributed by atoms with Crippen LogP contribution >= 0.6 is 0 Å². The lowest BCUT2D eigenvalue weighted by molar-refractivity contribution is 0.101. The third kappa shape index (κ3) is 3.27. The van der Waals surface area contributed by atoms with Crippen LogP contribution in [-0.4, -0.2) is 32.2 Å². The Balaban J connectivity index is 2.16. The highest BCUT2D eigenvalue weighted by Gasteiger charge is 2.14. The first-order chi connectivity index (χ1) is 9.06. The minimum atomic E-state index is -0.411. The van der Waals surface area contributed by atoms with E-state index in [1.54, 1.807) is 25.3 Å². The molecule has 2 heterocycles. The van der Waals surface area contributed by atoms with E-state index in [0.29, 0.717) is 17.4 Å². The second kappa shape index (κ2) is 5.47. The predicted molar refractivity (Wildman–Crippen MR) is 69.1 cm³/mol. The summed E-state index contributed by atoms with van der Waals surface area (Å²) in [5.41, 5.74) is 0.489. The number of carbonyl (C=O) groups excluding carboxylic acids is 1. The Morgan fingerprint density at radius 3 is 2.89 bits per heavy atom. The summed E-state index contributed by atoms with van der Waals surface area (Å²) in [6.45, 7) is 5.50. The summed E-state index contributed by atoms with van der Waals surface area (Å²) < 4.78 is 5.51. The van der Waals surface area contributed by atoms with Crippen molar-refractivity contribution in [3.63, 3.8) is 0 Å². The number of H-pyrrole nitrogens is 1. The van der Waals surface area contributed by atoms with E-state index in [1.165, 1.54) is 0 Å². The summed E-state index contributed by atoms with van der Waals surface area (Å²) in [5.74, 6) is 0.621. The number of amides is 1. The fraction of sp³-hybridized carbons (Fsp3) is 0.333. The molecule has 0 aliphatic heterocycles. The second-order valence-corrected chi connectivity index (χ2v) is 4.22. The SMILES string of the molecule is Cc1nc(C(=O)Nc2cccnc2OC(C)C)n[nH]1. The monoisotopic (exact) mass is 261 g/mol. The molecule has 0 aliphatic carbocycles. The van der Waals surface area contributed by atoms with E-state index in [-0.39, 0.29) is 11.9 Å². The summed E-state index contributed by atoms with van der Waals surface area (Å²) in [6.07, 6.45) is 1.57. The summed E-state index contributed by atoms with van der Waals surface area (Å²) in [7, 11) is 0. The Labute approximate surface area is 110 Å². The maximum atomic E-state index is 11.9. The lowest BCUT2D eigenvalue weighted by atomic mass is 10.3. The Hall–Kier alpha value is -2.44. The van der Waals surface area contributed by atoms with Gasteiger partial charge in [-0.3, -0.25) is 9.89 Å². The molecule has 19 heavy (non-hydrogen) atoms. The molecule has 0 saturated heterocycles. The Bertz CT molecular complexity index is 579. The van der Waals surface area contributed by atoms with Gasteiger partial charge in [0.1, 0.15) is 11.5 Å². The molecule has 0 bridgehead atoms. The first kappa shape index (κ1) is 13.0. The van der Waals surface area contributed by atoms with Gasteiger partial charge >= 0.3 is 0 Å². The molecule has 7 nitrogen and oxygen atoms in total. The molecular formula is C12H15N5O2. The Morgan fingerprint density at radius 2 is 2.26 bits per heavy atom. The molecule has 2 rings (SSSR count). The molecule has 0 fully saturated rings. The van der Waals surface area contributed by atoms with E-state index in [0.717, 1.165) is 0 Å². The van der Waals surface area contributed by atoms with Crippen molar-refractivity contribution in [3.05, 3.63) is 30.0 Å². The normalized spacial score (nSPS) is 10.5. The number of hydrogen-bond donors (Lipinski definition) is 2. The average molecular weight is 261 g/mol. The van der Waals surface area contributed by atoms with Crippen LogP contribution in [0.15, 0.2) is 18.3 Å². The third-order valence-electron chi connectivity index (χ3n) is 2.17. The maximum Gasteiger partial charge on any atom is 0.295 e. The van der Waals surface area contributed by atoms with Crippen LogP contribution in [0, 0.1) is 6.92 Å². The summed E-state index contributed by atoms with van der Waals surface area (Å²) in [6, 6.07) is 3.42. The van der Waals surface area contributed by atoms with E-state index in [4.69, 9.17) is 4.74 Å². The highest BCUT2D eigenvalue weighted by molar-refractivity contribution is 6.02. The van der Waals surface area contributed by atoms with Crippen molar-refractivity contribution in [1.29, 1.82) is 0 Å². The Kier molecular flexibility index (Phi) is 3.74. The number of aryl methyl sites for hydroxylation is 1. The first-order valence-corrected chi connectivity index (χ1v) is 5.88. The van der Waals surface area contributed by atoms with Gasteiger partial charge in [0.2, 0.25) is 11.7 Å². The van der Waals surface area contributed by atoms with E-state index in [1.807, 2.05) is 13.8 Å². The van der Waals surface area contributed by atoms with Gasteiger partial charge in [-0.05, 0) is 32.9 Å². The minimum absolute atomic E-state index is 0.0312. The molecule has 0 saturated carbocycles. The third-order valence-corrected chi connectivity index (χ3v) is 2.17. The van der Waals surface area contributed by atoms with Crippen molar-refractivity contribution in [2.24, 2.45) is 0 Å². The van der Waals surface area contributed by atoms with Crippen LogP contribution in [-0.2, 0) is 0 Å². The number of ether oxygens (including phenoxy) is 1. The van der Waals surface area contributed by atoms with E-state index < -0.39 is 5.91 Å². The summed E-state index contributed by atoms with van der Waals surface area (Å²) in [5, 5.41) is 9.08. The Morgan fingerprint density at radius 1 is 1.47 bits per heavy atom. The van der Waals surface area contributed by atoms with Crippen molar-refractivity contribution < 1.29 is 9.53 Å². The molecule has 7 heteroatoms. The molecule has 2 N–H and O–H groups in total. The van der Waals surface area contributed by atoms with Gasteiger partial charge in [-0.2, -0.15) is 0 Å². The number of aromatic nitrogens is 4. The second-order valence-electron chi connectivity index (χ2n) is 4.22. The van der Waals surface area contributed by atoms with Gasteiger partial charge in [-0.1, -0.05) is 0 Å². The molecule has 0 spiro atoms. The summed E-state index contributed by atoms with van der Waals surface area (Å²) >= 11 is 0. The van der Waals surface area contributed by atoms with Gasteiger partial charge < -0.3 is 10.1 Å². The van der Waals surface area contributed by atoms with Gasteiger partial charge in [0.25, 0.3) is 5.91 Å².